The summed E-state index contributed by atoms with van der Waals surface area (Å²) in [6.07, 6.45) is 2.87. The van der Waals surface area contributed by atoms with Crippen LogP contribution in [0.1, 0.15) is 12.0 Å². The van der Waals surface area contributed by atoms with E-state index in [0.717, 1.165) is 5.56 Å². The average molecular weight is 511 g/mol. The van der Waals surface area contributed by atoms with E-state index in [4.69, 9.17) is 23.2 Å². The molecule has 32 heavy (non-hydrogen) atoms. The van der Waals surface area contributed by atoms with Gasteiger partial charge in [-0.2, -0.15) is 0 Å². The summed E-state index contributed by atoms with van der Waals surface area (Å²) < 4.78 is 27.4. The second-order valence-electron chi connectivity index (χ2n) is 7.21. The molecule has 3 aromatic rings. The lowest BCUT2D eigenvalue weighted by Crippen LogP contribution is -2.39. The number of anilines is 2. The number of aromatic nitrogens is 1. The van der Waals surface area contributed by atoms with Gasteiger partial charge in [0.1, 0.15) is 0 Å². The van der Waals surface area contributed by atoms with Gasteiger partial charge in [0, 0.05) is 33.9 Å². The number of carbonyl (C=O) groups excluding carboxylic acids is 1. The highest BCUT2D eigenvalue weighted by atomic mass is 35.5. The van der Waals surface area contributed by atoms with Crippen LogP contribution in [0, 0.1) is 0 Å². The van der Waals surface area contributed by atoms with Crippen LogP contribution in [0.25, 0.3) is 0 Å². The average Bonchev–Trinajstić information content (AvgIpc) is 3.39. The van der Waals surface area contributed by atoms with Crippen molar-refractivity contribution < 1.29 is 13.2 Å². The van der Waals surface area contributed by atoms with E-state index in [1.165, 1.54) is 29.7 Å². The van der Waals surface area contributed by atoms with Gasteiger partial charge in [-0.25, -0.2) is 13.4 Å². The summed E-state index contributed by atoms with van der Waals surface area (Å²) in [5.41, 5.74) is 1.63. The minimum absolute atomic E-state index is 0.0382. The molecule has 4 rings (SSSR count). The number of carbonyl (C=O) groups is 1. The highest BCUT2D eigenvalue weighted by Gasteiger charge is 2.32. The predicted octanol–water partition coefficient (Wildman–Crippen LogP) is 4.19. The molecule has 7 nitrogen and oxygen atoms in total. The van der Waals surface area contributed by atoms with Crippen LogP contribution in [0.5, 0.6) is 0 Å². The van der Waals surface area contributed by atoms with Gasteiger partial charge >= 0.3 is 0 Å². The number of nitrogens with one attached hydrogen (secondary N) is 2. The number of amides is 1. The Labute approximate surface area is 200 Å². The van der Waals surface area contributed by atoms with Crippen LogP contribution in [-0.2, 0) is 21.2 Å². The summed E-state index contributed by atoms with van der Waals surface area (Å²) in [6, 6.07) is 11.3. The summed E-state index contributed by atoms with van der Waals surface area (Å²) in [7, 11) is -3.73. The van der Waals surface area contributed by atoms with E-state index in [-0.39, 0.29) is 16.8 Å². The van der Waals surface area contributed by atoms with Crippen LogP contribution in [0.15, 0.2) is 58.9 Å². The van der Waals surface area contributed by atoms with Crippen molar-refractivity contribution in [2.45, 2.75) is 23.8 Å². The minimum Gasteiger partial charge on any atom is -0.311 e. The quantitative estimate of drug-likeness (QED) is 0.474. The van der Waals surface area contributed by atoms with Crippen LogP contribution in [0.4, 0.5) is 10.8 Å². The molecule has 2 aromatic carbocycles. The van der Waals surface area contributed by atoms with Crippen molar-refractivity contribution in [3.05, 3.63) is 69.7 Å². The number of hydrogen-bond acceptors (Lipinski definition) is 6. The first-order valence-corrected chi connectivity index (χ1v) is 13.0. The molecule has 1 aromatic heterocycles. The summed E-state index contributed by atoms with van der Waals surface area (Å²) in [4.78, 5) is 18.5. The Hall–Kier alpha value is -2.17. The first-order valence-electron chi connectivity index (χ1n) is 9.84. The van der Waals surface area contributed by atoms with Crippen LogP contribution >= 0.6 is 34.5 Å². The molecule has 0 bridgehead atoms. The Balaban J connectivity index is 1.35. The Morgan fingerprint density at radius 1 is 1.16 bits per heavy atom. The lowest BCUT2D eigenvalue weighted by Gasteiger charge is -2.18. The molecule has 1 atom stereocenters. The van der Waals surface area contributed by atoms with Gasteiger partial charge in [0.05, 0.1) is 10.9 Å². The maximum absolute atomic E-state index is 12.8. The maximum atomic E-state index is 12.8. The van der Waals surface area contributed by atoms with E-state index >= 15 is 0 Å². The van der Waals surface area contributed by atoms with Crippen molar-refractivity contribution in [1.82, 2.24) is 10.3 Å². The summed E-state index contributed by atoms with van der Waals surface area (Å²) in [5, 5.41) is 6.48. The predicted molar refractivity (Wildman–Crippen MR) is 128 cm³/mol. The van der Waals surface area contributed by atoms with Gasteiger partial charge in [-0.3, -0.25) is 9.52 Å². The zero-order valence-corrected chi connectivity index (χ0v) is 19.9. The van der Waals surface area contributed by atoms with Crippen LogP contribution in [-0.4, -0.2) is 38.4 Å². The number of halogens is 2. The van der Waals surface area contributed by atoms with Crippen LogP contribution < -0.4 is 14.9 Å². The van der Waals surface area contributed by atoms with Crippen molar-refractivity contribution in [1.29, 1.82) is 0 Å². The zero-order chi connectivity index (χ0) is 22.7. The van der Waals surface area contributed by atoms with Gasteiger partial charge in [0.15, 0.2) is 5.13 Å². The third kappa shape index (κ3) is 5.24. The molecule has 1 fully saturated rings. The Morgan fingerprint density at radius 3 is 2.62 bits per heavy atom. The molecule has 0 saturated carbocycles. The molecule has 0 spiro atoms. The first-order chi connectivity index (χ1) is 15.3. The number of hydrogen-bond donors (Lipinski definition) is 2. The summed E-state index contributed by atoms with van der Waals surface area (Å²) in [6.45, 7) is 1.16. The molecule has 0 unspecified atom stereocenters. The fourth-order valence-corrected chi connectivity index (χ4v) is 5.78. The highest BCUT2D eigenvalue weighted by Crippen LogP contribution is 2.25. The van der Waals surface area contributed by atoms with Gasteiger partial charge in [0.2, 0.25) is 5.91 Å². The molecule has 1 aliphatic heterocycles. The van der Waals surface area contributed by atoms with E-state index in [1.807, 2.05) is 6.07 Å². The van der Waals surface area contributed by atoms with Gasteiger partial charge in [-0.15, -0.1) is 11.3 Å². The van der Waals surface area contributed by atoms with Crippen molar-refractivity contribution >= 4 is 61.3 Å². The molecule has 1 aliphatic rings. The highest BCUT2D eigenvalue weighted by molar-refractivity contribution is 7.93. The molecule has 0 aliphatic carbocycles. The van der Waals surface area contributed by atoms with Gasteiger partial charge in [-0.1, -0.05) is 29.3 Å². The number of nitrogens with zero attached hydrogens (tertiary/aromatic N) is 2. The first kappa shape index (κ1) is 23.0. The molecule has 1 amide bonds. The fraction of sp³-hybridized carbons (Fsp3) is 0.238. The zero-order valence-electron chi connectivity index (χ0n) is 16.8. The standard InChI is InChI=1S/C21H20Cl2N4O3S2/c22-15-2-1-14(18(23)13-15)7-9-24-19-8-11-27(20(19)28)16-3-5-17(6-4-16)32(29,30)26-21-25-10-12-31-21/h1-6,10,12-13,19,24H,7-9,11H2,(H,25,26)/t19-/m0/s1. The molecule has 0 radical (unpaired) electrons. The van der Waals surface area contributed by atoms with Crippen molar-refractivity contribution in [2.24, 2.45) is 0 Å². The molecular weight excluding hydrogens is 491 g/mol. The molecule has 2 heterocycles. The normalized spacial score (nSPS) is 16.5. The van der Waals surface area contributed by atoms with Crippen LogP contribution in [0.2, 0.25) is 10.0 Å². The van der Waals surface area contributed by atoms with E-state index in [9.17, 15) is 13.2 Å². The Bertz CT molecular complexity index is 1200. The van der Waals surface area contributed by atoms with Gasteiger partial charge in [0.25, 0.3) is 10.0 Å². The smallest absolute Gasteiger partial charge is 0.263 e. The third-order valence-electron chi connectivity index (χ3n) is 5.12. The van der Waals surface area contributed by atoms with E-state index in [1.54, 1.807) is 34.5 Å². The van der Waals surface area contributed by atoms with E-state index in [2.05, 4.69) is 15.0 Å². The van der Waals surface area contributed by atoms with Crippen molar-refractivity contribution in [3.63, 3.8) is 0 Å². The minimum atomic E-state index is -3.73. The van der Waals surface area contributed by atoms with Gasteiger partial charge in [-0.05, 0) is 61.3 Å². The van der Waals surface area contributed by atoms with E-state index < -0.39 is 10.0 Å². The largest absolute Gasteiger partial charge is 0.311 e. The number of sulfonamides is 1. The molecule has 1 saturated heterocycles. The lowest BCUT2D eigenvalue weighted by molar-refractivity contribution is -0.118. The van der Waals surface area contributed by atoms with Crippen molar-refractivity contribution in [2.75, 3.05) is 22.7 Å². The monoisotopic (exact) mass is 510 g/mol. The van der Waals surface area contributed by atoms with Crippen molar-refractivity contribution in [3.8, 4) is 0 Å². The summed E-state index contributed by atoms with van der Waals surface area (Å²) in [5.74, 6) is -0.0382. The Kier molecular flexibility index (Phi) is 7.02. The van der Waals surface area contributed by atoms with Crippen LogP contribution in [0.3, 0.4) is 0 Å². The maximum Gasteiger partial charge on any atom is 0.263 e. The molecule has 168 valence electrons. The molecule has 2 N–H and O–H groups in total. The Morgan fingerprint density at radius 2 is 1.94 bits per heavy atom. The number of rotatable bonds is 8. The lowest BCUT2D eigenvalue weighted by atomic mass is 10.1. The fourth-order valence-electron chi connectivity index (χ4n) is 3.48. The molecular formula is C21H20Cl2N4O3S2. The SMILES string of the molecule is O=C1[C@@H](NCCc2ccc(Cl)cc2Cl)CCN1c1ccc(S(=O)(=O)Nc2nccs2)cc1. The third-order valence-corrected chi connectivity index (χ3v) is 7.88. The van der Waals surface area contributed by atoms with Gasteiger partial charge < -0.3 is 10.2 Å². The topological polar surface area (TPSA) is 91.4 Å². The molecule has 11 heteroatoms. The second-order valence-corrected chi connectivity index (χ2v) is 10.6. The number of thiazole rings is 1. The second kappa shape index (κ2) is 9.76. The summed E-state index contributed by atoms with van der Waals surface area (Å²) >= 11 is 13.3. The number of benzene rings is 2. The van der Waals surface area contributed by atoms with E-state index in [0.29, 0.717) is 46.8 Å².